The number of amides is 2. The van der Waals surface area contributed by atoms with E-state index < -0.39 is 9.84 Å². The van der Waals surface area contributed by atoms with Crippen LogP contribution < -0.4 is 5.32 Å². The van der Waals surface area contributed by atoms with E-state index >= 15 is 0 Å². The highest BCUT2D eigenvalue weighted by Crippen LogP contribution is 2.21. The van der Waals surface area contributed by atoms with Crippen molar-refractivity contribution in [2.75, 3.05) is 57.0 Å². The fourth-order valence-electron chi connectivity index (χ4n) is 3.80. The second-order valence-electron chi connectivity index (χ2n) is 7.96. The molecule has 0 aromatic heterocycles. The van der Waals surface area contributed by atoms with Crippen LogP contribution in [0.15, 0.2) is 29.2 Å². The number of carbonyl (C=O) groups is 1. The number of nitrogens with one attached hydrogen (secondary N) is 1. The number of aliphatic hydroxyl groups is 1. The van der Waals surface area contributed by atoms with Crippen LogP contribution in [0.1, 0.15) is 19.8 Å². The van der Waals surface area contributed by atoms with Crippen LogP contribution in [0.25, 0.3) is 0 Å². The molecule has 0 spiro atoms. The van der Waals surface area contributed by atoms with E-state index in [0.717, 1.165) is 25.9 Å². The zero-order valence-corrected chi connectivity index (χ0v) is 17.7. The van der Waals surface area contributed by atoms with Gasteiger partial charge in [0.1, 0.15) is 0 Å². The van der Waals surface area contributed by atoms with Gasteiger partial charge in [-0.25, -0.2) is 13.2 Å². The number of sulfone groups is 1. The van der Waals surface area contributed by atoms with E-state index in [1.807, 2.05) is 0 Å². The molecule has 3 rings (SSSR count). The van der Waals surface area contributed by atoms with Gasteiger partial charge in [-0.1, -0.05) is 0 Å². The van der Waals surface area contributed by atoms with Gasteiger partial charge in [-0.15, -0.1) is 0 Å². The monoisotopic (exact) mass is 425 g/mol. The van der Waals surface area contributed by atoms with Gasteiger partial charge < -0.3 is 20.1 Å². The van der Waals surface area contributed by atoms with Crippen LogP contribution in [-0.2, 0) is 14.6 Å². The first-order valence-corrected chi connectivity index (χ1v) is 11.9. The molecule has 1 aromatic carbocycles. The second kappa shape index (κ2) is 9.88. The number of aliphatic hydroxyl groups excluding tert-OH is 1. The summed E-state index contributed by atoms with van der Waals surface area (Å²) in [4.78, 5) is 16.8. The lowest BCUT2D eigenvalue weighted by molar-refractivity contribution is 0.129. The number of anilines is 1. The molecule has 9 heteroatoms. The summed E-state index contributed by atoms with van der Waals surface area (Å²) in [6, 6.07) is 6.17. The molecule has 2 aliphatic heterocycles. The SMILES string of the molecule is CC(O)CN1CCCN(C(=O)Nc2ccc(S(=O)(=O)CC3CCOC3)cc2)CC1. The molecular weight excluding hydrogens is 394 g/mol. The molecular formula is C20H31N3O5S. The van der Waals surface area contributed by atoms with Crippen LogP contribution in [0.2, 0.25) is 0 Å². The minimum atomic E-state index is -3.36. The van der Waals surface area contributed by atoms with Gasteiger partial charge in [0.05, 0.1) is 23.4 Å². The van der Waals surface area contributed by atoms with Crippen molar-refractivity contribution in [3.8, 4) is 0 Å². The summed E-state index contributed by atoms with van der Waals surface area (Å²) in [6.07, 6.45) is 1.24. The number of hydrogen-bond donors (Lipinski definition) is 2. The average Bonchev–Trinajstić information content (AvgIpc) is 3.05. The van der Waals surface area contributed by atoms with Gasteiger partial charge in [0.2, 0.25) is 0 Å². The molecule has 0 radical (unpaired) electrons. The Hall–Kier alpha value is -1.68. The molecule has 29 heavy (non-hydrogen) atoms. The third-order valence-corrected chi connectivity index (χ3v) is 7.24. The Labute approximate surface area is 172 Å². The molecule has 2 heterocycles. The minimum absolute atomic E-state index is 0.0517. The Balaban J connectivity index is 1.54. The molecule has 162 valence electrons. The van der Waals surface area contributed by atoms with Gasteiger partial charge in [0.15, 0.2) is 9.84 Å². The van der Waals surface area contributed by atoms with Crippen molar-refractivity contribution in [3.05, 3.63) is 24.3 Å². The highest BCUT2D eigenvalue weighted by atomic mass is 32.2. The predicted octanol–water partition coefficient (Wildman–Crippen LogP) is 1.42. The first kappa shape index (κ1) is 22.0. The standard InChI is InChI=1S/C20H31N3O5S/c1-16(24)13-22-8-2-9-23(11-10-22)20(25)21-18-3-5-19(6-4-18)29(26,27)15-17-7-12-28-14-17/h3-6,16-17,24H,2,7-15H2,1H3,(H,21,25). The van der Waals surface area contributed by atoms with Crippen molar-refractivity contribution in [3.63, 3.8) is 0 Å². The highest BCUT2D eigenvalue weighted by Gasteiger charge is 2.25. The number of urea groups is 1. The molecule has 2 fully saturated rings. The average molecular weight is 426 g/mol. The van der Waals surface area contributed by atoms with Crippen molar-refractivity contribution in [1.29, 1.82) is 0 Å². The van der Waals surface area contributed by atoms with Crippen LogP contribution >= 0.6 is 0 Å². The van der Waals surface area contributed by atoms with Gasteiger partial charge in [-0.3, -0.25) is 4.90 Å². The molecule has 2 N–H and O–H groups in total. The number of ether oxygens (including phenoxy) is 1. The van der Waals surface area contributed by atoms with Gasteiger partial charge in [-0.2, -0.15) is 0 Å². The quantitative estimate of drug-likeness (QED) is 0.715. The van der Waals surface area contributed by atoms with Crippen LogP contribution in [0.3, 0.4) is 0 Å². The van der Waals surface area contributed by atoms with Crippen molar-refractivity contribution < 1.29 is 23.1 Å². The van der Waals surface area contributed by atoms with Crippen molar-refractivity contribution in [1.82, 2.24) is 9.80 Å². The summed E-state index contributed by atoms with van der Waals surface area (Å²) in [5, 5.41) is 12.4. The molecule has 2 saturated heterocycles. The van der Waals surface area contributed by atoms with E-state index in [1.54, 1.807) is 36.1 Å². The van der Waals surface area contributed by atoms with Gasteiger partial charge >= 0.3 is 6.03 Å². The third-order valence-electron chi connectivity index (χ3n) is 5.34. The summed E-state index contributed by atoms with van der Waals surface area (Å²) in [5.41, 5.74) is 0.572. The predicted molar refractivity (Wildman–Crippen MR) is 111 cm³/mol. The number of nitrogens with zero attached hydrogens (tertiary/aromatic N) is 2. The van der Waals surface area contributed by atoms with Gasteiger partial charge in [0, 0.05) is 38.5 Å². The van der Waals surface area contributed by atoms with Crippen molar-refractivity contribution in [2.45, 2.75) is 30.8 Å². The molecule has 8 nitrogen and oxygen atoms in total. The summed E-state index contributed by atoms with van der Waals surface area (Å²) in [7, 11) is -3.36. The number of rotatable bonds is 6. The number of benzene rings is 1. The summed E-state index contributed by atoms with van der Waals surface area (Å²) in [6.45, 7) is 6.32. The van der Waals surface area contributed by atoms with E-state index in [9.17, 15) is 18.3 Å². The largest absolute Gasteiger partial charge is 0.392 e. The third kappa shape index (κ3) is 6.40. The van der Waals surface area contributed by atoms with Crippen molar-refractivity contribution in [2.24, 2.45) is 5.92 Å². The Morgan fingerprint density at radius 3 is 2.66 bits per heavy atom. The maximum absolute atomic E-state index is 12.6. The molecule has 2 aliphatic rings. The second-order valence-corrected chi connectivity index (χ2v) is 9.99. The fraction of sp³-hybridized carbons (Fsp3) is 0.650. The Morgan fingerprint density at radius 1 is 1.24 bits per heavy atom. The van der Waals surface area contributed by atoms with E-state index in [1.165, 1.54) is 0 Å². The van der Waals surface area contributed by atoms with E-state index in [2.05, 4.69) is 10.2 Å². The van der Waals surface area contributed by atoms with E-state index in [0.29, 0.717) is 38.5 Å². The number of carbonyl (C=O) groups excluding carboxylic acids is 1. The molecule has 0 aliphatic carbocycles. The maximum Gasteiger partial charge on any atom is 0.321 e. The Morgan fingerprint density at radius 2 is 2.00 bits per heavy atom. The van der Waals surface area contributed by atoms with Crippen molar-refractivity contribution >= 4 is 21.6 Å². The normalized spacial score (nSPS) is 22.3. The first-order chi connectivity index (χ1) is 13.8. The zero-order chi connectivity index (χ0) is 20.9. The molecule has 2 amide bonds. The molecule has 0 saturated carbocycles. The smallest absolute Gasteiger partial charge is 0.321 e. The summed E-state index contributed by atoms with van der Waals surface area (Å²) < 4.78 is 30.3. The molecule has 0 bridgehead atoms. The Kier molecular flexibility index (Phi) is 7.50. The lowest BCUT2D eigenvalue weighted by atomic mass is 10.2. The maximum atomic E-state index is 12.6. The lowest BCUT2D eigenvalue weighted by Gasteiger charge is -2.23. The lowest BCUT2D eigenvalue weighted by Crippen LogP contribution is -2.39. The van der Waals surface area contributed by atoms with Crippen LogP contribution in [-0.4, -0.2) is 87.1 Å². The van der Waals surface area contributed by atoms with Crippen LogP contribution in [0.5, 0.6) is 0 Å². The molecule has 2 atom stereocenters. The number of hydrogen-bond acceptors (Lipinski definition) is 6. The minimum Gasteiger partial charge on any atom is -0.392 e. The molecule has 2 unspecified atom stereocenters. The zero-order valence-electron chi connectivity index (χ0n) is 16.9. The summed E-state index contributed by atoms with van der Waals surface area (Å²) in [5.74, 6) is 0.144. The van der Waals surface area contributed by atoms with E-state index in [4.69, 9.17) is 4.74 Å². The van der Waals surface area contributed by atoms with Crippen LogP contribution in [0.4, 0.5) is 10.5 Å². The summed E-state index contributed by atoms with van der Waals surface area (Å²) >= 11 is 0. The van der Waals surface area contributed by atoms with E-state index in [-0.39, 0.29) is 28.7 Å². The van der Waals surface area contributed by atoms with Crippen LogP contribution in [0, 0.1) is 5.92 Å². The first-order valence-electron chi connectivity index (χ1n) is 10.2. The molecule has 1 aromatic rings. The number of β-amino-alcohol motifs (C(OH)–C–C–N with tert-alkyl or cyclic N) is 1. The van der Waals surface area contributed by atoms with Gasteiger partial charge in [-0.05, 0) is 56.5 Å². The van der Waals surface area contributed by atoms with Gasteiger partial charge in [0.25, 0.3) is 0 Å². The highest BCUT2D eigenvalue weighted by molar-refractivity contribution is 7.91. The topological polar surface area (TPSA) is 99.2 Å². The fourth-order valence-corrected chi connectivity index (χ4v) is 5.43. The Bertz CT molecular complexity index is 776.